The summed E-state index contributed by atoms with van der Waals surface area (Å²) in [7, 11) is 0. The van der Waals surface area contributed by atoms with Gasteiger partial charge in [0.25, 0.3) is 0 Å². The molecule has 3 rings (SSSR count). The van der Waals surface area contributed by atoms with E-state index < -0.39 is 0 Å². The topological polar surface area (TPSA) is 30.0 Å². The van der Waals surface area contributed by atoms with Crippen LogP contribution < -0.4 is 0 Å². The van der Waals surface area contributed by atoms with E-state index in [9.17, 15) is 4.79 Å². The third-order valence-corrected chi connectivity index (χ3v) is 4.13. The van der Waals surface area contributed by atoms with E-state index in [0.717, 1.165) is 36.2 Å². The molecule has 1 aromatic heterocycles. The Balaban J connectivity index is 1.78. The van der Waals surface area contributed by atoms with Crippen LogP contribution in [0.5, 0.6) is 0 Å². The predicted octanol–water partition coefficient (Wildman–Crippen LogP) is 4.02. The molecule has 0 radical (unpaired) electrons. The second-order valence-electron chi connectivity index (χ2n) is 6.72. The van der Waals surface area contributed by atoms with E-state index in [4.69, 9.17) is 4.98 Å². The molecule has 1 heterocycles. The van der Waals surface area contributed by atoms with Gasteiger partial charge in [-0.3, -0.25) is 9.78 Å². The summed E-state index contributed by atoms with van der Waals surface area (Å²) in [5.74, 6) is 0.239. The molecule has 0 spiro atoms. The fourth-order valence-corrected chi connectivity index (χ4v) is 3.04. The Morgan fingerprint density at radius 2 is 1.76 bits per heavy atom. The van der Waals surface area contributed by atoms with Crippen molar-refractivity contribution in [3.8, 4) is 0 Å². The molecule has 0 aliphatic heterocycles. The van der Waals surface area contributed by atoms with E-state index in [1.807, 2.05) is 18.2 Å². The number of carbonyl (C=O) groups excluding carboxylic acids is 1. The smallest absolute Gasteiger partial charge is 0.165 e. The monoisotopic (exact) mass is 279 g/mol. The number of nitrogens with zero attached hydrogens (tertiary/aromatic N) is 1. The Hall–Kier alpha value is -1.96. The molecule has 0 fully saturated rings. The van der Waals surface area contributed by atoms with Gasteiger partial charge in [-0.25, -0.2) is 0 Å². The van der Waals surface area contributed by atoms with E-state index in [2.05, 4.69) is 38.1 Å². The van der Waals surface area contributed by atoms with Gasteiger partial charge in [0, 0.05) is 17.7 Å². The molecule has 0 atom stereocenters. The van der Waals surface area contributed by atoms with Gasteiger partial charge in [0.2, 0.25) is 0 Å². The van der Waals surface area contributed by atoms with Crippen LogP contribution in [0.2, 0.25) is 0 Å². The second-order valence-corrected chi connectivity index (χ2v) is 6.72. The molecule has 1 aromatic carbocycles. The maximum absolute atomic E-state index is 12.2. The van der Waals surface area contributed by atoms with Crippen molar-refractivity contribution in [1.29, 1.82) is 0 Å². The van der Waals surface area contributed by atoms with Crippen LogP contribution in [-0.2, 0) is 19.3 Å². The molecule has 0 amide bonds. The lowest BCUT2D eigenvalue weighted by molar-refractivity contribution is 0.0910. The molecule has 108 valence electrons. The van der Waals surface area contributed by atoms with Crippen LogP contribution >= 0.6 is 0 Å². The molecular weight excluding hydrogens is 258 g/mol. The number of hydrogen-bond acceptors (Lipinski definition) is 2. The highest BCUT2D eigenvalue weighted by Crippen LogP contribution is 2.33. The van der Waals surface area contributed by atoms with E-state index in [0.29, 0.717) is 6.42 Å². The number of Topliss-reactive ketones (excluding diaryl/α,β-unsaturated/α-hetero) is 1. The summed E-state index contributed by atoms with van der Waals surface area (Å²) in [5.41, 5.74) is 4.27. The lowest BCUT2D eigenvalue weighted by Gasteiger charge is -2.29. The Bertz CT molecular complexity index is 659. The summed E-state index contributed by atoms with van der Waals surface area (Å²) in [5, 5.41) is 0. The summed E-state index contributed by atoms with van der Waals surface area (Å²) in [6.07, 6.45) is 3.44. The molecule has 0 saturated heterocycles. The zero-order valence-electron chi connectivity index (χ0n) is 12.7. The Morgan fingerprint density at radius 3 is 2.52 bits per heavy atom. The first-order valence-corrected chi connectivity index (χ1v) is 7.59. The van der Waals surface area contributed by atoms with Crippen LogP contribution in [-0.4, -0.2) is 10.8 Å². The Labute approximate surface area is 126 Å². The van der Waals surface area contributed by atoms with Crippen molar-refractivity contribution in [2.75, 3.05) is 0 Å². The molecule has 0 saturated carbocycles. The number of fused-ring (bicyclic) bond motifs is 1. The first-order valence-electron chi connectivity index (χ1n) is 7.59. The molecule has 21 heavy (non-hydrogen) atoms. The zero-order chi connectivity index (χ0) is 14.9. The highest BCUT2D eigenvalue weighted by Gasteiger charge is 2.31. The highest BCUT2D eigenvalue weighted by atomic mass is 16.1. The van der Waals surface area contributed by atoms with Gasteiger partial charge in [0.1, 0.15) is 0 Å². The second kappa shape index (κ2) is 5.44. The molecule has 0 unspecified atom stereocenters. The first kappa shape index (κ1) is 14.0. The van der Waals surface area contributed by atoms with Gasteiger partial charge in [0.05, 0.1) is 5.69 Å². The molecule has 2 heteroatoms. The number of aromatic nitrogens is 1. The van der Waals surface area contributed by atoms with Crippen molar-refractivity contribution in [2.24, 2.45) is 5.41 Å². The lowest BCUT2D eigenvalue weighted by atomic mass is 9.75. The van der Waals surface area contributed by atoms with Gasteiger partial charge in [0.15, 0.2) is 5.78 Å². The van der Waals surface area contributed by atoms with E-state index in [1.54, 1.807) is 0 Å². The number of pyridine rings is 1. The number of carbonyl (C=O) groups is 1. The van der Waals surface area contributed by atoms with Gasteiger partial charge in [-0.2, -0.15) is 0 Å². The number of aryl methyl sites for hydroxylation is 2. The highest BCUT2D eigenvalue weighted by molar-refractivity contribution is 5.98. The van der Waals surface area contributed by atoms with Crippen LogP contribution in [0.25, 0.3) is 0 Å². The molecule has 0 bridgehead atoms. The molecule has 1 aliphatic carbocycles. The van der Waals surface area contributed by atoms with Crippen molar-refractivity contribution in [3.63, 3.8) is 0 Å². The number of ketones is 1. The van der Waals surface area contributed by atoms with E-state index >= 15 is 0 Å². The minimum absolute atomic E-state index is 0.0368. The summed E-state index contributed by atoms with van der Waals surface area (Å²) >= 11 is 0. The average molecular weight is 279 g/mol. The van der Waals surface area contributed by atoms with Crippen molar-refractivity contribution in [2.45, 2.75) is 39.5 Å². The van der Waals surface area contributed by atoms with Gasteiger partial charge < -0.3 is 0 Å². The predicted molar refractivity (Wildman–Crippen MR) is 84.5 cm³/mol. The molecule has 2 aromatic rings. The standard InChI is InChI=1S/C19H21NO/c1-19(2)12-17-16(18(21)13-19)11-10-15(20-17)9-8-14-6-4-3-5-7-14/h3-7,10-11H,8-9,12-13H2,1-2H3. The Kier molecular flexibility index (Phi) is 3.62. The SMILES string of the molecule is CC1(C)CC(=O)c2ccc(CCc3ccccc3)nc2C1. The van der Waals surface area contributed by atoms with E-state index in [-0.39, 0.29) is 11.2 Å². The summed E-state index contributed by atoms with van der Waals surface area (Å²) in [6, 6.07) is 14.4. The van der Waals surface area contributed by atoms with Crippen LogP contribution in [0.1, 0.15) is 47.6 Å². The van der Waals surface area contributed by atoms with Gasteiger partial charge in [-0.05, 0) is 42.4 Å². The largest absolute Gasteiger partial charge is 0.294 e. The minimum Gasteiger partial charge on any atom is -0.294 e. The molecular formula is C19H21NO. The molecule has 1 aliphatic rings. The quantitative estimate of drug-likeness (QED) is 0.849. The van der Waals surface area contributed by atoms with Crippen LogP contribution in [0, 0.1) is 5.41 Å². The van der Waals surface area contributed by atoms with Crippen molar-refractivity contribution >= 4 is 5.78 Å². The summed E-state index contributed by atoms with van der Waals surface area (Å²) < 4.78 is 0. The molecule has 0 N–H and O–H groups in total. The zero-order valence-corrected chi connectivity index (χ0v) is 12.7. The van der Waals surface area contributed by atoms with E-state index in [1.165, 1.54) is 5.56 Å². The van der Waals surface area contributed by atoms with Crippen molar-refractivity contribution < 1.29 is 4.79 Å². The fourth-order valence-electron chi connectivity index (χ4n) is 3.04. The normalized spacial score (nSPS) is 16.6. The molecule has 2 nitrogen and oxygen atoms in total. The third-order valence-electron chi connectivity index (χ3n) is 4.13. The van der Waals surface area contributed by atoms with Gasteiger partial charge >= 0.3 is 0 Å². The van der Waals surface area contributed by atoms with Crippen molar-refractivity contribution in [1.82, 2.24) is 4.98 Å². The third kappa shape index (κ3) is 3.21. The van der Waals surface area contributed by atoms with Gasteiger partial charge in [-0.15, -0.1) is 0 Å². The number of hydrogen-bond donors (Lipinski definition) is 0. The van der Waals surface area contributed by atoms with Gasteiger partial charge in [-0.1, -0.05) is 44.2 Å². The minimum atomic E-state index is 0.0368. The average Bonchev–Trinajstić information content (AvgIpc) is 2.44. The first-order chi connectivity index (χ1) is 10.0. The van der Waals surface area contributed by atoms with Crippen LogP contribution in [0.15, 0.2) is 42.5 Å². The number of benzene rings is 1. The number of rotatable bonds is 3. The Morgan fingerprint density at radius 1 is 1.00 bits per heavy atom. The van der Waals surface area contributed by atoms with Crippen LogP contribution in [0.4, 0.5) is 0 Å². The maximum atomic E-state index is 12.2. The summed E-state index contributed by atoms with van der Waals surface area (Å²) in [4.78, 5) is 16.9. The van der Waals surface area contributed by atoms with Crippen molar-refractivity contribution in [3.05, 3.63) is 65.0 Å². The summed E-state index contributed by atoms with van der Waals surface area (Å²) in [6.45, 7) is 4.29. The lowest BCUT2D eigenvalue weighted by Crippen LogP contribution is -2.28. The van der Waals surface area contributed by atoms with Crippen LogP contribution in [0.3, 0.4) is 0 Å². The maximum Gasteiger partial charge on any atom is 0.165 e. The fraction of sp³-hybridized carbons (Fsp3) is 0.368.